The summed E-state index contributed by atoms with van der Waals surface area (Å²) in [5, 5.41) is 3.20. The quantitative estimate of drug-likeness (QED) is 0.812. The largest absolute Gasteiger partial charge is 0.339 e. The van der Waals surface area contributed by atoms with E-state index < -0.39 is 9.84 Å². The van der Waals surface area contributed by atoms with Crippen molar-refractivity contribution in [1.82, 2.24) is 0 Å². The molecule has 2 rings (SSSR count). The normalized spacial score (nSPS) is 13.0. The topological polar surface area (TPSA) is 50.8 Å². The third-order valence-corrected chi connectivity index (χ3v) is 6.24. The van der Waals surface area contributed by atoms with Crippen molar-refractivity contribution in [2.24, 2.45) is 0 Å². The van der Waals surface area contributed by atoms with Crippen LogP contribution >= 0.6 is 34.8 Å². The van der Waals surface area contributed by atoms with Gasteiger partial charge in [-0.25, -0.2) is 8.42 Å². The van der Waals surface area contributed by atoms with Gasteiger partial charge in [-0.05, 0) is 37.3 Å². The van der Waals surface area contributed by atoms with Crippen LogP contribution in [0, 0.1) is 0 Å². The molecule has 0 unspecified atom stereocenters. The molecule has 7 heteroatoms. The molecule has 0 spiro atoms. The van der Waals surface area contributed by atoms with E-state index in [0.29, 0.717) is 16.6 Å². The van der Waals surface area contributed by atoms with Gasteiger partial charge >= 0.3 is 0 Å². The van der Waals surface area contributed by atoms with Gasteiger partial charge in [-0.3, -0.25) is 0 Å². The SMILES string of the molecule is C[C@H]([NH2+]CCS(=O)(=O)c1cc(Cl)ccc1Cl)c1ccc(Cl)cc1. The summed E-state index contributed by atoms with van der Waals surface area (Å²) < 4.78 is 24.8. The molecule has 0 heterocycles. The van der Waals surface area contributed by atoms with Crippen molar-refractivity contribution >= 4 is 44.6 Å². The van der Waals surface area contributed by atoms with Gasteiger partial charge in [-0.1, -0.05) is 46.9 Å². The second-order valence-corrected chi connectivity index (χ2v) is 8.62. The molecule has 2 aromatic carbocycles. The zero-order valence-corrected chi connectivity index (χ0v) is 15.6. The molecule has 0 amide bonds. The number of quaternary nitrogens is 1. The van der Waals surface area contributed by atoms with Crippen molar-refractivity contribution < 1.29 is 13.7 Å². The van der Waals surface area contributed by atoms with E-state index in [4.69, 9.17) is 34.8 Å². The fourth-order valence-electron chi connectivity index (χ4n) is 2.20. The maximum absolute atomic E-state index is 12.4. The molecule has 2 aromatic rings. The molecule has 0 aliphatic heterocycles. The lowest BCUT2D eigenvalue weighted by molar-refractivity contribution is -0.689. The average molecular weight is 394 g/mol. The lowest BCUT2D eigenvalue weighted by Gasteiger charge is -2.12. The number of sulfone groups is 1. The highest BCUT2D eigenvalue weighted by Gasteiger charge is 2.20. The molecule has 0 saturated carbocycles. The number of benzene rings is 2. The number of halogens is 3. The Hall–Kier alpha value is -0.780. The third-order valence-electron chi connectivity index (χ3n) is 3.53. The lowest BCUT2D eigenvalue weighted by Crippen LogP contribution is -2.85. The monoisotopic (exact) mass is 392 g/mol. The molecule has 23 heavy (non-hydrogen) atoms. The lowest BCUT2D eigenvalue weighted by atomic mass is 10.1. The first-order valence-electron chi connectivity index (χ1n) is 7.06. The Morgan fingerprint density at radius 1 is 1.00 bits per heavy atom. The third kappa shape index (κ3) is 5.10. The zero-order chi connectivity index (χ0) is 17.0. The van der Waals surface area contributed by atoms with E-state index >= 15 is 0 Å². The van der Waals surface area contributed by atoms with Gasteiger partial charge in [0.2, 0.25) is 0 Å². The summed E-state index contributed by atoms with van der Waals surface area (Å²) in [5.41, 5.74) is 1.09. The second kappa shape index (κ2) is 7.86. The van der Waals surface area contributed by atoms with Crippen LogP contribution in [0.3, 0.4) is 0 Å². The van der Waals surface area contributed by atoms with Crippen molar-refractivity contribution in [3.05, 3.63) is 63.1 Å². The van der Waals surface area contributed by atoms with Gasteiger partial charge in [0.05, 0.1) is 16.5 Å². The summed E-state index contributed by atoms with van der Waals surface area (Å²) in [6.45, 7) is 2.44. The zero-order valence-electron chi connectivity index (χ0n) is 12.5. The summed E-state index contributed by atoms with van der Waals surface area (Å²) >= 11 is 17.7. The van der Waals surface area contributed by atoms with E-state index in [1.54, 1.807) is 6.07 Å². The Morgan fingerprint density at radius 3 is 2.26 bits per heavy atom. The minimum atomic E-state index is -3.47. The van der Waals surface area contributed by atoms with Gasteiger partial charge in [0.15, 0.2) is 9.84 Å². The van der Waals surface area contributed by atoms with E-state index in [1.807, 2.05) is 36.5 Å². The molecule has 0 saturated heterocycles. The van der Waals surface area contributed by atoms with Gasteiger partial charge in [-0.2, -0.15) is 0 Å². The van der Waals surface area contributed by atoms with Gasteiger partial charge in [-0.15, -0.1) is 0 Å². The molecular formula is C16H17Cl3NO2S+. The Kier molecular flexibility index (Phi) is 6.34. The summed E-state index contributed by atoms with van der Waals surface area (Å²) in [6.07, 6.45) is 0. The number of hydrogen-bond acceptors (Lipinski definition) is 2. The van der Waals surface area contributed by atoms with Crippen LogP contribution in [0.4, 0.5) is 0 Å². The molecule has 1 atom stereocenters. The molecular weight excluding hydrogens is 377 g/mol. The average Bonchev–Trinajstić information content (AvgIpc) is 2.50. The number of hydrogen-bond donors (Lipinski definition) is 1. The Bertz CT molecular complexity index is 776. The highest BCUT2D eigenvalue weighted by atomic mass is 35.5. The van der Waals surface area contributed by atoms with Crippen LogP contribution in [-0.2, 0) is 9.84 Å². The van der Waals surface area contributed by atoms with Crippen molar-refractivity contribution in [3.63, 3.8) is 0 Å². The van der Waals surface area contributed by atoms with Crippen molar-refractivity contribution in [1.29, 1.82) is 0 Å². The van der Waals surface area contributed by atoms with Crippen LogP contribution in [0.1, 0.15) is 18.5 Å². The molecule has 3 nitrogen and oxygen atoms in total. The van der Waals surface area contributed by atoms with Crippen molar-refractivity contribution in [3.8, 4) is 0 Å². The number of nitrogens with two attached hydrogens (primary N) is 1. The van der Waals surface area contributed by atoms with E-state index in [2.05, 4.69) is 0 Å². The molecule has 0 fully saturated rings. The minimum Gasteiger partial charge on any atom is -0.339 e. The Labute approximate surface area is 151 Å². The van der Waals surface area contributed by atoms with Gasteiger partial charge in [0.25, 0.3) is 0 Å². The molecule has 2 N–H and O–H groups in total. The smallest absolute Gasteiger partial charge is 0.185 e. The Balaban J connectivity index is 1.99. The van der Waals surface area contributed by atoms with Crippen LogP contribution in [0.2, 0.25) is 15.1 Å². The van der Waals surface area contributed by atoms with Gasteiger partial charge in [0.1, 0.15) is 11.8 Å². The second-order valence-electron chi connectivity index (χ2n) is 5.26. The maximum Gasteiger partial charge on any atom is 0.185 e. The predicted molar refractivity (Wildman–Crippen MR) is 95.2 cm³/mol. The molecule has 0 aliphatic carbocycles. The minimum absolute atomic E-state index is 0.00894. The molecule has 0 aromatic heterocycles. The highest BCUT2D eigenvalue weighted by molar-refractivity contribution is 7.91. The van der Waals surface area contributed by atoms with Crippen LogP contribution in [0.25, 0.3) is 0 Å². The molecule has 0 bridgehead atoms. The first kappa shape index (κ1) is 18.6. The highest BCUT2D eigenvalue weighted by Crippen LogP contribution is 2.25. The van der Waals surface area contributed by atoms with E-state index in [-0.39, 0.29) is 21.7 Å². The fourth-order valence-corrected chi connectivity index (χ4v) is 4.37. The number of rotatable bonds is 6. The van der Waals surface area contributed by atoms with E-state index in [0.717, 1.165) is 5.56 Å². The summed E-state index contributed by atoms with van der Waals surface area (Å²) in [6, 6.07) is 12.1. The molecule has 124 valence electrons. The van der Waals surface area contributed by atoms with Crippen LogP contribution < -0.4 is 5.32 Å². The van der Waals surface area contributed by atoms with Crippen molar-refractivity contribution in [2.75, 3.05) is 12.3 Å². The van der Waals surface area contributed by atoms with E-state index in [9.17, 15) is 8.42 Å². The van der Waals surface area contributed by atoms with Crippen LogP contribution in [0.15, 0.2) is 47.4 Å². The van der Waals surface area contributed by atoms with E-state index in [1.165, 1.54) is 12.1 Å². The predicted octanol–water partition coefficient (Wildman–Crippen LogP) is 3.75. The van der Waals surface area contributed by atoms with Gasteiger partial charge < -0.3 is 5.32 Å². The first-order valence-corrected chi connectivity index (χ1v) is 9.85. The summed E-state index contributed by atoms with van der Waals surface area (Å²) in [5.74, 6) is -0.00894. The maximum atomic E-state index is 12.4. The van der Waals surface area contributed by atoms with Crippen LogP contribution in [0.5, 0.6) is 0 Å². The Morgan fingerprint density at radius 2 is 1.61 bits per heavy atom. The standard InChI is InChI=1S/C16H16Cl3NO2S/c1-11(12-2-4-13(17)5-3-12)20-8-9-23(21,22)16-10-14(18)6-7-15(16)19/h2-7,10-11,20H,8-9H2,1H3/p+1/t11-/m0/s1. The summed E-state index contributed by atoms with van der Waals surface area (Å²) in [4.78, 5) is 0.0826. The fraction of sp³-hybridized carbons (Fsp3) is 0.250. The van der Waals surface area contributed by atoms with Crippen LogP contribution in [-0.4, -0.2) is 20.7 Å². The van der Waals surface area contributed by atoms with Gasteiger partial charge in [0, 0.05) is 15.6 Å². The molecule has 0 radical (unpaired) electrons. The molecule has 0 aliphatic rings. The summed E-state index contributed by atoms with van der Waals surface area (Å²) in [7, 11) is -3.47. The van der Waals surface area contributed by atoms with Crippen molar-refractivity contribution in [2.45, 2.75) is 17.9 Å². The first-order chi connectivity index (χ1) is 10.8.